The highest BCUT2D eigenvalue weighted by atomic mass is 16.5. The maximum atomic E-state index is 12.0. The molecule has 2 aliphatic rings. The summed E-state index contributed by atoms with van der Waals surface area (Å²) in [5, 5.41) is 11.7. The van der Waals surface area contributed by atoms with Crippen molar-refractivity contribution in [1.82, 2.24) is 10.2 Å². The second-order valence-electron chi connectivity index (χ2n) is 4.63. The standard InChI is InChI=1S/C12H18N2O4/c1-7-10(11(16)18-2)9-4-3-8(5-6-15)14(9)12(17)13-7/h8-9,15H,3-6H2,1-2H3,(H,13,17)/t8-,9-/m1/s1. The molecule has 0 aromatic rings. The van der Waals surface area contributed by atoms with Crippen LogP contribution in [0.4, 0.5) is 4.79 Å². The second kappa shape index (κ2) is 4.97. The van der Waals surface area contributed by atoms with E-state index in [0.29, 0.717) is 17.7 Å². The van der Waals surface area contributed by atoms with Gasteiger partial charge in [-0.25, -0.2) is 9.59 Å². The van der Waals surface area contributed by atoms with E-state index in [0.717, 1.165) is 12.8 Å². The monoisotopic (exact) mass is 254 g/mol. The molecule has 1 fully saturated rings. The maximum absolute atomic E-state index is 12.0. The lowest BCUT2D eigenvalue weighted by Crippen LogP contribution is -2.52. The number of hydrogen-bond acceptors (Lipinski definition) is 4. The first-order valence-electron chi connectivity index (χ1n) is 6.09. The van der Waals surface area contributed by atoms with Gasteiger partial charge in [-0.15, -0.1) is 0 Å². The van der Waals surface area contributed by atoms with Crippen molar-refractivity contribution >= 4 is 12.0 Å². The Bertz CT molecular complexity index is 405. The van der Waals surface area contributed by atoms with E-state index < -0.39 is 5.97 Å². The number of esters is 1. The first-order valence-corrected chi connectivity index (χ1v) is 6.09. The number of nitrogens with zero attached hydrogens (tertiary/aromatic N) is 1. The van der Waals surface area contributed by atoms with E-state index in [9.17, 15) is 9.59 Å². The molecule has 0 radical (unpaired) electrons. The average Bonchev–Trinajstić information content (AvgIpc) is 2.73. The van der Waals surface area contributed by atoms with Crippen LogP contribution in [0, 0.1) is 0 Å². The molecule has 0 aromatic carbocycles. The summed E-state index contributed by atoms with van der Waals surface area (Å²) in [6, 6.07) is -0.420. The summed E-state index contributed by atoms with van der Waals surface area (Å²) in [6.07, 6.45) is 2.07. The second-order valence-corrected chi connectivity index (χ2v) is 4.63. The first kappa shape index (κ1) is 12.9. The molecule has 2 rings (SSSR count). The normalized spacial score (nSPS) is 27.1. The molecule has 6 nitrogen and oxygen atoms in total. The zero-order valence-corrected chi connectivity index (χ0v) is 10.6. The molecule has 18 heavy (non-hydrogen) atoms. The van der Waals surface area contributed by atoms with Crippen molar-refractivity contribution in [3.05, 3.63) is 11.3 Å². The number of methoxy groups -OCH3 is 1. The molecule has 6 heteroatoms. The van der Waals surface area contributed by atoms with Crippen molar-refractivity contribution < 1.29 is 19.4 Å². The number of fused-ring (bicyclic) bond motifs is 1. The summed E-state index contributed by atoms with van der Waals surface area (Å²) in [7, 11) is 1.34. The van der Waals surface area contributed by atoms with E-state index in [-0.39, 0.29) is 24.7 Å². The van der Waals surface area contributed by atoms with Gasteiger partial charge in [0.2, 0.25) is 0 Å². The predicted octanol–water partition coefficient (Wildman–Crippen LogP) is 0.372. The topological polar surface area (TPSA) is 78.9 Å². The molecular formula is C12H18N2O4. The van der Waals surface area contributed by atoms with Crippen molar-refractivity contribution in [2.45, 2.75) is 38.3 Å². The molecule has 100 valence electrons. The molecule has 0 bridgehead atoms. The van der Waals surface area contributed by atoms with E-state index in [1.54, 1.807) is 11.8 Å². The van der Waals surface area contributed by atoms with Crippen LogP contribution in [0.5, 0.6) is 0 Å². The van der Waals surface area contributed by atoms with Gasteiger partial charge in [0.05, 0.1) is 18.7 Å². The number of nitrogens with one attached hydrogen (secondary N) is 1. The Labute approximate surface area is 106 Å². The van der Waals surface area contributed by atoms with Crippen LogP contribution in [-0.4, -0.2) is 47.8 Å². The van der Waals surface area contributed by atoms with E-state index >= 15 is 0 Å². The van der Waals surface area contributed by atoms with Crippen molar-refractivity contribution in [3.63, 3.8) is 0 Å². The van der Waals surface area contributed by atoms with Gasteiger partial charge in [-0.2, -0.15) is 0 Å². The molecule has 2 amide bonds. The third-order valence-electron chi connectivity index (χ3n) is 3.64. The van der Waals surface area contributed by atoms with Gasteiger partial charge < -0.3 is 20.1 Å². The van der Waals surface area contributed by atoms with E-state index in [1.807, 2.05) is 0 Å². The number of urea groups is 1. The van der Waals surface area contributed by atoms with Crippen LogP contribution in [0.25, 0.3) is 0 Å². The van der Waals surface area contributed by atoms with Gasteiger partial charge in [-0.1, -0.05) is 0 Å². The van der Waals surface area contributed by atoms with Gasteiger partial charge in [-0.05, 0) is 26.2 Å². The summed E-state index contributed by atoms with van der Waals surface area (Å²) >= 11 is 0. The van der Waals surface area contributed by atoms with Crippen LogP contribution >= 0.6 is 0 Å². The molecule has 2 N–H and O–H groups in total. The highest BCUT2D eigenvalue weighted by molar-refractivity contribution is 5.94. The number of carbonyl (C=O) groups excluding carboxylic acids is 2. The number of rotatable bonds is 3. The van der Waals surface area contributed by atoms with E-state index in [2.05, 4.69) is 5.32 Å². The van der Waals surface area contributed by atoms with Crippen LogP contribution in [0.3, 0.4) is 0 Å². The average molecular weight is 254 g/mol. The molecule has 2 atom stereocenters. The minimum absolute atomic E-state index is 0.00671. The minimum Gasteiger partial charge on any atom is -0.466 e. The molecule has 0 unspecified atom stereocenters. The summed E-state index contributed by atoms with van der Waals surface area (Å²) in [5.74, 6) is -0.396. The Balaban J connectivity index is 2.31. The fourth-order valence-corrected chi connectivity index (χ4v) is 2.85. The first-order chi connectivity index (χ1) is 8.60. The molecule has 2 heterocycles. The quantitative estimate of drug-likeness (QED) is 0.713. The Morgan fingerprint density at radius 3 is 2.89 bits per heavy atom. The number of ether oxygens (including phenoxy) is 1. The summed E-state index contributed by atoms with van der Waals surface area (Å²) < 4.78 is 4.77. The predicted molar refractivity (Wildman–Crippen MR) is 63.6 cm³/mol. The van der Waals surface area contributed by atoms with Gasteiger partial charge in [0.1, 0.15) is 0 Å². The Morgan fingerprint density at radius 1 is 1.56 bits per heavy atom. The van der Waals surface area contributed by atoms with Gasteiger partial charge in [0.15, 0.2) is 0 Å². The molecule has 0 aromatic heterocycles. The molecule has 2 aliphatic heterocycles. The van der Waals surface area contributed by atoms with E-state index in [4.69, 9.17) is 9.84 Å². The van der Waals surface area contributed by atoms with Crippen LogP contribution in [0.2, 0.25) is 0 Å². The SMILES string of the molecule is COC(=O)C1=C(C)NC(=O)N2[C@@H](CCO)CC[C@H]12. The highest BCUT2D eigenvalue weighted by Crippen LogP contribution is 2.34. The summed E-state index contributed by atoms with van der Waals surface area (Å²) in [6.45, 7) is 1.75. The zero-order valence-electron chi connectivity index (χ0n) is 10.6. The molecular weight excluding hydrogens is 236 g/mol. The maximum Gasteiger partial charge on any atom is 0.337 e. The van der Waals surface area contributed by atoms with Crippen molar-refractivity contribution in [1.29, 1.82) is 0 Å². The smallest absolute Gasteiger partial charge is 0.337 e. The van der Waals surface area contributed by atoms with Crippen molar-refractivity contribution in [2.24, 2.45) is 0 Å². The molecule has 0 spiro atoms. The molecule has 0 aliphatic carbocycles. The van der Waals surface area contributed by atoms with Gasteiger partial charge in [0.25, 0.3) is 0 Å². The Morgan fingerprint density at radius 2 is 2.28 bits per heavy atom. The number of carbonyl (C=O) groups is 2. The van der Waals surface area contributed by atoms with Crippen molar-refractivity contribution in [3.8, 4) is 0 Å². The number of amides is 2. The largest absolute Gasteiger partial charge is 0.466 e. The lowest BCUT2D eigenvalue weighted by molar-refractivity contribution is -0.136. The van der Waals surface area contributed by atoms with Crippen LogP contribution in [0.1, 0.15) is 26.2 Å². The number of aliphatic hydroxyl groups is 1. The Kier molecular flexibility index (Phi) is 3.56. The number of aliphatic hydroxyl groups excluding tert-OH is 1. The van der Waals surface area contributed by atoms with Crippen LogP contribution < -0.4 is 5.32 Å². The summed E-state index contributed by atoms with van der Waals surface area (Å²) in [5.41, 5.74) is 1.09. The molecule has 0 saturated carbocycles. The van der Waals surface area contributed by atoms with Crippen LogP contribution in [-0.2, 0) is 9.53 Å². The van der Waals surface area contributed by atoms with E-state index in [1.165, 1.54) is 7.11 Å². The fourth-order valence-electron chi connectivity index (χ4n) is 2.85. The fraction of sp³-hybridized carbons (Fsp3) is 0.667. The highest BCUT2D eigenvalue weighted by Gasteiger charge is 2.44. The minimum atomic E-state index is -0.396. The van der Waals surface area contributed by atoms with Gasteiger partial charge >= 0.3 is 12.0 Å². The van der Waals surface area contributed by atoms with Gasteiger partial charge in [0, 0.05) is 18.3 Å². The lowest BCUT2D eigenvalue weighted by atomic mass is 10.0. The Hall–Kier alpha value is -1.56. The van der Waals surface area contributed by atoms with Crippen LogP contribution in [0.15, 0.2) is 11.3 Å². The molecule has 1 saturated heterocycles. The zero-order chi connectivity index (χ0) is 13.3. The lowest BCUT2D eigenvalue weighted by Gasteiger charge is -2.35. The number of allylic oxidation sites excluding steroid dienone is 1. The third kappa shape index (κ3) is 1.96. The number of hydrogen-bond donors (Lipinski definition) is 2. The third-order valence-corrected chi connectivity index (χ3v) is 3.64. The van der Waals surface area contributed by atoms with Gasteiger partial charge in [-0.3, -0.25) is 0 Å². The van der Waals surface area contributed by atoms with Crippen molar-refractivity contribution in [2.75, 3.05) is 13.7 Å². The summed E-state index contributed by atoms with van der Waals surface area (Å²) in [4.78, 5) is 25.4.